The van der Waals surface area contributed by atoms with Crippen molar-refractivity contribution in [3.63, 3.8) is 0 Å². The van der Waals surface area contributed by atoms with E-state index in [1.807, 2.05) is 0 Å². The fraction of sp³-hybridized carbons (Fsp3) is 0.968. The molecule has 26 heteroatoms. The zero-order chi connectivity index (χ0) is 42.5. The highest BCUT2D eigenvalue weighted by molar-refractivity contribution is 5.73. The molecule has 0 unspecified atom stereocenters. The summed E-state index contributed by atoms with van der Waals surface area (Å²) in [6.07, 6.45) is -42.4. The van der Waals surface area contributed by atoms with E-state index in [9.17, 15) is 86.5 Å². The van der Waals surface area contributed by atoms with Gasteiger partial charge in [-0.25, -0.2) is 0 Å². The van der Waals surface area contributed by atoms with Crippen molar-refractivity contribution in [1.82, 2.24) is 5.32 Å². The van der Waals surface area contributed by atoms with Crippen LogP contribution in [0.2, 0.25) is 0 Å². The van der Waals surface area contributed by atoms with Crippen LogP contribution < -0.4 is 5.32 Å². The lowest BCUT2D eigenvalue weighted by Gasteiger charge is -2.49. The highest BCUT2D eigenvalue weighted by Gasteiger charge is 2.55. The molecule has 4 saturated heterocycles. The van der Waals surface area contributed by atoms with Crippen LogP contribution in [0, 0.1) is 0 Å². The van der Waals surface area contributed by atoms with Gasteiger partial charge in [0.1, 0.15) is 110 Å². The average Bonchev–Trinajstić information content (AvgIpc) is 3.19. The van der Waals surface area contributed by atoms with E-state index in [2.05, 4.69) is 5.32 Å². The summed E-state index contributed by atoms with van der Waals surface area (Å²) in [7, 11) is 0. The summed E-state index contributed by atoms with van der Waals surface area (Å²) in [5.74, 6) is -0.758. The molecule has 0 aromatic rings. The van der Waals surface area contributed by atoms with Crippen LogP contribution in [-0.2, 0) is 42.7 Å². The number of carbonyl (C=O) groups excluding carboxylic acids is 1. The van der Waals surface area contributed by atoms with Gasteiger partial charge >= 0.3 is 0 Å². The second kappa shape index (κ2) is 21.3. The van der Waals surface area contributed by atoms with E-state index in [4.69, 9.17) is 37.9 Å². The van der Waals surface area contributed by atoms with Gasteiger partial charge in [0.25, 0.3) is 0 Å². The minimum absolute atomic E-state index is 0.641. The molecule has 0 saturated carbocycles. The van der Waals surface area contributed by atoms with Crippen molar-refractivity contribution in [3.05, 3.63) is 0 Å². The number of aliphatic hydroxyl groups is 16. The molecule has 4 heterocycles. The third-order valence-electron chi connectivity index (χ3n) is 9.97. The van der Waals surface area contributed by atoms with Gasteiger partial charge in [0.15, 0.2) is 25.2 Å². The van der Waals surface area contributed by atoms with E-state index in [1.165, 1.54) is 0 Å². The number of amides is 1. The Morgan fingerprint density at radius 1 is 0.632 bits per heavy atom. The minimum Gasteiger partial charge on any atom is -0.394 e. The normalized spacial score (nSPS) is 45.2. The Hall–Kier alpha value is -1.49. The number of nitrogens with one attached hydrogen (secondary N) is 1. The smallest absolute Gasteiger partial charge is 0.217 e. The zero-order valence-corrected chi connectivity index (χ0v) is 30.4. The third kappa shape index (κ3) is 11.1. The first-order valence-electron chi connectivity index (χ1n) is 17.9. The molecule has 23 atom stereocenters. The van der Waals surface area contributed by atoms with Gasteiger partial charge in [-0.2, -0.15) is 0 Å². The highest BCUT2D eigenvalue weighted by Crippen LogP contribution is 2.35. The topological polar surface area (TPSA) is 427 Å². The molecule has 1 amide bonds. The summed E-state index contributed by atoms with van der Waals surface area (Å²) in [4.78, 5) is 11.8. The van der Waals surface area contributed by atoms with E-state index in [0.29, 0.717) is 0 Å². The van der Waals surface area contributed by atoms with Crippen molar-refractivity contribution < 1.29 is 124 Å². The maximum atomic E-state index is 11.8. The lowest BCUT2D eigenvalue weighted by atomic mass is 9.95. The molecule has 0 aromatic carbocycles. The van der Waals surface area contributed by atoms with Gasteiger partial charge in [-0.1, -0.05) is 0 Å². The number of aliphatic hydroxyl groups excluding tert-OH is 16. The predicted molar refractivity (Wildman–Crippen MR) is 174 cm³/mol. The minimum atomic E-state index is -2.16. The van der Waals surface area contributed by atoms with E-state index >= 15 is 0 Å². The van der Waals surface area contributed by atoms with Gasteiger partial charge in [-0.05, 0) is 0 Å². The van der Waals surface area contributed by atoms with Gasteiger partial charge in [0.05, 0.1) is 45.7 Å². The molecule has 4 rings (SSSR count). The van der Waals surface area contributed by atoms with Crippen molar-refractivity contribution in [1.29, 1.82) is 0 Å². The van der Waals surface area contributed by atoms with E-state index in [1.54, 1.807) is 0 Å². The van der Waals surface area contributed by atoms with Gasteiger partial charge in [0, 0.05) is 6.92 Å². The first-order chi connectivity index (χ1) is 26.9. The van der Waals surface area contributed by atoms with Crippen LogP contribution in [-0.4, -0.2) is 268 Å². The number of hydrogen-bond acceptors (Lipinski definition) is 25. The SMILES string of the molecule is CC(=O)N[C@H](CO)[C@@H](O)[C@H](O[C@@H]1O[C@H](CO[C@H]2O[C@H](CO)[C@@H](O)[C@H](O)[C@@H]2O)[C@@H](O)[C@H](O[C@H]2O[C@H](CO)[C@@H](O)[C@H](O)[C@@H]2O)[C@@H]1O[C@@H]1OC[C@@H](O)[C@H](O)[C@H]1O)[C@H](O)CO. The second-order valence-corrected chi connectivity index (χ2v) is 14.0. The second-order valence-electron chi connectivity index (χ2n) is 14.0. The number of carbonyl (C=O) groups is 1. The standard InChI is InChI=1S/C31H55NO25/c1-8(37)32-9(2-33)15(40)25(10(38)3-34)55-31-27(57-29-22(47)16(41)11(39)6-50-29)26(56-30-24(49)21(46)18(43)13(5-36)53-30)19(44)14(54-31)7-51-28-23(48)20(45)17(42)12(4-35)52-28/h9-31,33-36,38-49H,2-7H2,1H3,(H,32,37)/t9-,10-,11-,12-,13-,14-,15-,16+,17-,18-,19-,20+,21+,22-,23+,24+,25-,26+,27+,28+,29+,30-,31+/m1/s1. The maximum absolute atomic E-state index is 11.8. The number of ether oxygens (including phenoxy) is 8. The Morgan fingerprint density at radius 3 is 1.70 bits per heavy atom. The summed E-state index contributed by atoms with van der Waals surface area (Å²) in [5, 5.41) is 169. The Bertz CT molecular complexity index is 1220. The maximum Gasteiger partial charge on any atom is 0.217 e. The molecule has 4 aliphatic heterocycles. The monoisotopic (exact) mass is 841 g/mol. The first-order valence-corrected chi connectivity index (χ1v) is 17.9. The summed E-state index contributed by atoms with van der Waals surface area (Å²) in [5.41, 5.74) is 0. The highest BCUT2D eigenvalue weighted by atomic mass is 16.8. The molecule has 4 fully saturated rings. The zero-order valence-electron chi connectivity index (χ0n) is 30.4. The molecule has 17 N–H and O–H groups in total. The van der Waals surface area contributed by atoms with Crippen molar-refractivity contribution in [2.24, 2.45) is 0 Å². The van der Waals surface area contributed by atoms with Crippen LogP contribution in [0.25, 0.3) is 0 Å². The molecule has 0 bridgehead atoms. The molecule has 0 spiro atoms. The fourth-order valence-electron chi connectivity index (χ4n) is 6.61. The molecular formula is C31H55NO25. The van der Waals surface area contributed by atoms with E-state index in [0.717, 1.165) is 6.92 Å². The molecule has 0 aliphatic carbocycles. The number of rotatable bonds is 17. The predicted octanol–water partition coefficient (Wildman–Crippen LogP) is -11.5. The molecule has 0 aromatic heterocycles. The van der Waals surface area contributed by atoms with Crippen LogP contribution in [0.3, 0.4) is 0 Å². The Labute approximate surface area is 323 Å². The third-order valence-corrected chi connectivity index (χ3v) is 9.97. The van der Waals surface area contributed by atoms with Crippen LogP contribution >= 0.6 is 0 Å². The molecule has 26 nitrogen and oxygen atoms in total. The van der Waals surface area contributed by atoms with Gasteiger partial charge in [-0.3, -0.25) is 4.79 Å². The molecule has 334 valence electrons. The van der Waals surface area contributed by atoms with Crippen molar-refractivity contribution in [2.75, 3.05) is 39.6 Å². The average molecular weight is 842 g/mol. The lowest BCUT2D eigenvalue weighted by molar-refractivity contribution is -0.397. The number of hydrogen-bond donors (Lipinski definition) is 17. The van der Waals surface area contributed by atoms with Crippen LogP contribution in [0.5, 0.6) is 0 Å². The van der Waals surface area contributed by atoms with Crippen LogP contribution in [0.4, 0.5) is 0 Å². The summed E-state index contributed by atoms with van der Waals surface area (Å²) >= 11 is 0. The lowest BCUT2D eigenvalue weighted by Crippen LogP contribution is -2.68. The molecule has 57 heavy (non-hydrogen) atoms. The van der Waals surface area contributed by atoms with Crippen molar-refractivity contribution >= 4 is 5.91 Å². The van der Waals surface area contributed by atoms with Crippen LogP contribution in [0.1, 0.15) is 6.92 Å². The Morgan fingerprint density at radius 2 is 1.16 bits per heavy atom. The summed E-state index contributed by atoms with van der Waals surface area (Å²) in [6.45, 7) is -4.36. The molecular weight excluding hydrogens is 786 g/mol. The Kier molecular flexibility index (Phi) is 18.0. The van der Waals surface area contributed by atoms with Gasteiger partial charge < -0.3 is 125 Å². The van der Waals surface area contributed by atoms with Gasteiger partial charge in [0.2, 0.25) is 5.91 Å². The van der Waals surface area contributed by atoms with Crippen molar-refractivity contribution in [3.8, 4) is 0 Å². The van der Waals surface area contributed by atoms with Crippen molar-refractivity contribution in [2.45, 2.75) is 148 Å². The molecule has 4 aliphatic rings. The summed E-state index contributed by atoms with van der Waals surface area (Å²) < 4.78 is 45.3. The van der Waals surface area contributed by atoms with E-state index < -0.39 is 187 Å². The fourth-order valence-corrected chi connectivity index (χ4v) is 6.61. The van der Waals surface area contributed by atoms with Gasteiger partial charge in [-0.15, -0.1) is 0 Å². The molecule has 0 radical (unpaired) electrons. The largest absolute Gasteiger partial charge is 0.394 e. The Balaban J connectivity index is 1.77. The van der Waals surface area contributed by atoms with E-state index in [-0.39, 0.29) is 0 Å². The first kappa shape index (κ1) is 48.2. The van der Waals surface area contributed by atoms with Crippen LogP contribution in [0.15, 0.2) is 0 Å². The summed E-state index contributed by atoms with van der Waals surface area (Å²) in [6, 6.07) is -1.58. The quantitative estimate of drug-likeness (QED) is 0.0646.